The molecular weight excluding hydrogens is 332 g/mol. The van der Waals surface area contributed by atoms with E-state index < -0.39 is 12.4 Å². The fourth-order valence-electron chi connectivity index (χ4n) is 2.84. The molecule has 0 bridgehead atoms. The molecule has 0 spiro atoms. The predicted molar refractivity (Wildman–Crippen MR) is 102 cm³/mol. The number of ether oxygens (including phenoxy) is 2. The van der Waals surface area contributed by atoms with Crippen molar-refractivity contribution in [2.75, 3.05) is 7.11 Å². The van der Waals surface area contributed by atoms with E-state index in [4.69, 9.17) is 9.47 Å². The molecule has 3 atom stereocenters. The maximum atomic E-state index is 10.8. The van der Waals surface area contributed by atoms with Crippen molar-refractivity contribution in [3.63, 3.8) is 0 Å². The van der Waals surface area contributed by atoms with Gasteiger partial charge in [0.25, 0.3) is 0 Å². The second-order valence-corrected chi connectivity index (χ2v) is 7.38. The van der Waals surface area contributed by atoms with E-state index in [0.717, 1.165) is 22.6 Å². The third-order valence-corrected chi connectivity index (χ3v) is 5.42. The van der Waals surface area contributed by atoms with Crippen LogP contribution in [0.5, 0.6) is 0 Å². The first-order valence-electron chi connectivity index (χ1n) is 8.52. The Hall–Kier alpha value is -1.59. The fraction of sp³-hybridized carbons (Fsp3) is 0.333. The van der Waals surface area contributed by atoms with Crippen LogP contribution >= 0.6 is 11.8 Å². The van der Waals surface area contributed by atoms with Crippen LogP contribution in [-0.2, 0) is 15.9 Å². The summed E-state index contributed by atoms with van der Waals surface area (Å²) in [6.07, 6.45) is 2.15. The van der Waals surface area contributed by atoms with Crippen molar-refractivity contribution >= 4 is 11.8 Å². The highest BCUT2D eigenvalue weighted by Gasteiger charge is 2.31. The van der Waals surface area contributed by atoms with Gasteiger partial charge in [0.05, 0.1) is 6.10 Å². The summed E-state index contributed by atoms with van der Waals surface area (Å²) in [6, 6.07) is 18.6. The lowest BCUT2D eigenvalue weighted by Crippen LogP contribution is -2.38. The molecule has 132 valence electrons. The Labute approximate surface area is 153 Å². The topological polar surface area (TPSA) is 38.7 Å². The van der Waals surface area contributed by atoms with Crippen LogP contribution in [0.15, 0.2) is 70.5 Å². The third kappa shape index (κ3) is 4.95. The Bertz CT molecular complexity index is 697. The standard InChI is InChI=1S/C21H24O3S/c1-15-8-11-17(12-9-15)25-19-14-20(23-2)24-18(21(19)22)13-10-16-6-4-3-5-7-16/h3-9,11-12,14,18,20-22H,10,13H2,1-2H3/t18-,20?,21-/m0/s1. The molecule has 0 aromatic heterocycles. The number of hydrogen-bond donors (Lipinski definition) is 1. The van der Waals surface area contributed by atoms with E-state index in [1.807, 2.05) is 24.3 Å². The van der Waals surface area contributed by atoms with E-state index in [1.54, 1.807) is 18.9 Å². The average Bonchev–Trinajstić information content (AvgIpc) is 2.65. The van der Waals surface area contributed by atoms with Crippen molar-refractivity contribution in [2.45, 2.75) is 43.2 Å². The number of benzene rings is 2. The summed E-state index contributed by atoms with van der Waals surface area (Å²) in [7, 11) is 1.63. The van der Waals surface area contributed by atoms with E-state index in [-0.39, 0.29) is 6.10 Å². The first kappa shape index (κ1) is 18.2. The molecule has 0 amide bonds. The molecule has 0 saturated heterocycles. The maximum absolute atomic E-state index is 10.8. The smallest absolute Gasteiger partial charge is 0.178 e. The quantitative estimate of drug-likeness (QED) is 0.836. The second-order valence-electron chi connectivity index (χ2n) is 6.23. The second kappa shape index (κ2) is 8.68. The van der Waals surface area contributed by atoms with Crippen molar-refractivity contribution in [1.82, 2.24) is 0 Å². The fourth-order valence-corrected chi connectivity index (χ4v) is 3.84. The first-order chi connectivity index (χ1) is 12.2. The molecule has 0 fully saturated rings. The summed E-state index contributed by atoms with van der Waals surface area (Å²) in [6.45, 7) is 2.07. The summed E-state index contributed by atoms with van der Waals surface area (Å²) in [5, 5.41) is 10.8. The average molecular weight is 356 g/mol. The summed E-state index contributed by atoms with van der Waals surface area (Å²) < 4.78 is 11.3. The van der Waals surface area contributed by atoms with Crippen LogP contribution in [0.2, 0.25) is 0 Å². The monoisotopic (exact) mass is 356 g/mol. The molecule has 25 heavy (non-hydrogen) atoms. The number of rotatable bonds is 6. The largest absolute Gasteiger partial charge is 0.385 e. The summed E-state index contributed by atoms with van der Waals surface area (Å²) in [5.41, 5.74) is 2.47. The van der Waals surface area contributed by atoms with Crippen LogP contribution in [0.25, 0.3) is 0 Å². The van der Waals surface area contributed by atoms with E-state index in [2.05, 4.69) is 43.3 Å². The molecule has 2 aromatic rings. The lowest BCUT2D eigenvalue weighted by atomic mass is 10.0. The van der Waals surface area contributed by atoms with Crippen molar-refractivity contribution in [2.24, 2.45) is 0 Å². The summed E-state index contributed by atoms with van der Waals surface area (Å²) in [5.74, 6) is 0. The van der Waals surface area contributed by atoms with Gasteiger partial charge in [-0.05, 0) is 43.5 Å². The molecule has 1 aliphatic heterocycles. The van der Waals surface area contributed by atoms with Gasteiger partial charge in [-0.3, -0.25) is 0 Å². The van der Waals surface area contributed by atoms with Crippen LogP contribution in [-0.4, -0.2) is 30.7 Å². The van der Waals surface area contributed by atoms with Gasteiger partial charge in [-0.15, -0.1) is 0 Å². The van der Waals surface area contributed by atoms with E-state index >= 15 is 0 Å². The first-order valence-corrected chi connectivity index (χ1v) is 9.34. The van der Waals surface area contributed by atoms with Gasteiger partial charge in [-0.2, -0.15) is 0 Å². The van der Waals surface area contributed by atoms with Gasteiger partial charge in [0.15, 0.2) is 6.29 Å². The lowest BCUT2D eigenvalue weighted by Gasteiger charge is -2.32. The zero-order valence-corrected chi connectivity index (χ0v) is 15.4. The minimum absolute atomic E-state index is 0.275. The van der Waals surface area contributed by atoms with Crippen LogP contribution in [0.4, 0.5) is 0 Å². The molecule has 0 aliphatic carbocycles. The molecule has 1 N–H and O–H groups in total. The molecule has 1 heterocycles. The van der Waals surface area contributed by atoms with Crippen LogP contribution < -0.4 is 0 Å². The summed E-state index contributed by atoms with van der Waals surface area (Å²) >= 11 is 1.58. The van der Waals surface area contributed by atoms with Crippen LogP contribution in [0, 0.1) is 6.92 Å². The lowest BCUT2D eigenvalue weighted by molar-refractivity contribution is -0.160. The van der Waals surface area contributed by atoms with Crippen LogP contribution in [0.1, 0.15) is 17.5 Å². The van der Waals surface area contributed by atoms with Crippen molar-refractivity contribution in [1.29, 1.82) is 0 Å². The van der Waals surface area contributed by atoms with Gasteiger partial charge < -0.3 is 14.6 Å². The van der Waals surface area contributed by atoms with Gasteiger partial charge in [-0.1, -0.05) is 59.8 Å². The highest BCUT2D eigenvalue weighted by atomic mass is 32.2. The summed E-state index contributed by atoms with van der Waals surface area (Å²) in [4.78, 5) is 1.99. The predicted octanol–water partition coefficient (Wildman–Crippen LogP) is 4.34. The van der Waals surface area contributed by atoms with Crippen molar-refractivity contribution in [3.8, 4) is 0 Å². The molecule has 3 nitrogen and oxygen atoms in total. The molecule has 2 aromatic carbocycles. The van der Waals surface area contributed by atoms with Gasteiger partial charge >= 0.3 is 0 Å². The van der Waals surface area contributed by atoms with E-state index in [9.17, 15) is 5.11 Å². The van der Waals surface area contributed by atoms with Crippen molar-refractivity contribution in [3.05, 3.63) is 76.7 Å². The number of aliphatic hydroxyl groups is 1. The third-order valence-electron chi connectivity index (χ3n) is 4.30. The Morgan fingerprint density at radius 3 is 2.48 bits per heavy atom. The zero-order chi connectivity index (χ0) is 17.6. The maximum Gasteiger partial charge on any atom is 0.178 e. The highest BCUT2D eigenvalue weighted by Crippen LogP contribution is 2.35. The number of aryl methyl sites for hydroxylation is 2. The Morgan fingerprint density at radius 2 is 1.80 bits per heavy atom. The number of aliphatic hydroxyl groups excluding tert-OH is 1. The number of thioether (sulfide) groups is 1. The molecule has 4 heteroatoms. The normalized spacial score (nSPS) is 23.3. The molecule has 3 rings (SSSR count). The molecular formula is C21H24O3S. The molecule has 1 unspecified atom stereocenters. The van der Waals surface area contributed by atoms with Crippen molar-refractivity contribution < 1.29 is 14.6 Å². The minimum atomic E-state index is -0.638. The SMILES string of the molecule is COC1C=C(Sc2ccc(C)cc2)[C@@H](O)[C@H](CCc2ccccc2)O1. The Kier molecular flexibility index (Phi) is 6.32. The van der Waals surface area contributed by atoms with Gasteiger partial charge in [0.2, 0.25) is 0 Å². The highest BCUT2D eigenvalue weighted by molar-refractivity contribution is 8.03. The zero-order valence-electron chi connectivity index (χ0n) is 14.6. The van der Waals surface area contributed by atoms with Gasteiger partial charge in [-0.25, -0.2) is 0 Å². The Morgan fingerprint density at radius 1 is 1.08 bits per heavy atom. The van der Waals surface area contributed by atoms with Crippen LogP contribution in [0.3, 0.4) is 0 Å². The molecule has 0 radical (unpaired) electrons. The van der Waals surface area contributed by atoms with E-state index in [0.29, 0.717) is 0 Å². The number of hydrogen-bond acceptors (Lipinski definition) is 4. The number of methoxy groups -OCH3 is 1. The van der Waals surface area contributed by atoms with Gasteiger partial charge in [0.1, 0.15) is 6.10 Å². The minimum Gasteiger partial charge on any atom is -0.385 e. The molecule has 0 saturated carbocycles. The Balaban J connectivity index is 1.69. The molecule has 1 aliphatic rings. The van der Waals surface area contributed by atoms with Gasteiger partial charge in [0, 0.05) is 16.9 Å². The van der Waals surface area contributed by atoms with E-state index in [1.165, 1.54) is 11.1 Å².